The molecule has 26 heavy (non-hydrogen) atoms. The number of anilines is 1. The van der Waals surface area contributed by atoms with Crippen molar-refractivity contribution in [2.24, 2.45) is 0 Å². The number of rotatable bonds is 6. The average molecular weight is 380 g/mol. The molecule has 0 heterocycles. The molecule has 0 unspecified atom stereocenters. The van der Waals surface area contributed by atoms with Gasteiger partial charge in [0.1, 0.15) is 11.4 Å². The minimum atomic E-state index is -0.629. The number of hydrogen-bond acceptors (Lipinski definition) is 6. The number of aryl methyl sites for hydroxylation is 1. The highest BCUT2D eigenvalue weighted by Gasteiger charge is 2.20. The molecular formula is C16H14ClN3O6. The van der Waals surface area contributed by atoms with E-state index in [1.165, 1.54) is 18.2 Å². The molecule has 0 fully saturated rings. The summed E-state index contributed by atoms with van der Waals surface area (Å²) in [6.45, 7) is 2.95. The number of hydrogen-bond donors (Lipinski definition) is 1. The van der Waals surface area contributed by atoms with Gasteiger partial charge in [0.15, 0.2) is 6.61 Å². The Labute approximate surface area is 152 Å². The van der Waals surface area contributed by atoms with Gasteiger partial charge in [-0.3, -0.25) is 25.0 Å². The number of nitro groups is 2. The second kappa shape index (κ2) is 7.79. The van der Waals surface area contributed by atoms with Crippen molar-refractivity contribution in [2.45, 2.75) is 13.8 Å². The van der Waals surface area contributed by atoms with E-state index >= 15 is 0 Å². The summed E-state index contributed by atoms with van der Waals surface area (Å²) >= 11 is 5.88. The third-order valence-electron chi connectivity index (χ3n) is 3.66. The number of nitrogens with zero attached hydrogens (tertiary/aromatic N) is 2. The van der Waals surface area contributed by atoms with Crippen LogP contribution in [-0.2, 0) is 4.79 Å². The van der Waals surface area contributed by atoms with Crippen molar-refractivity contribution >= 4 is 34.6 Å². The van der Waals surface area contributed by atoms with E-state index in [0.29, 0.717) is 5.56 Å². The largest absolute Gasteiger partial charge is 0.482 e. The van der Waals surface area contributed by atoms with Crippen molar-refractivity contribution in [2.75, 3.05) is 11.9 Å². The Bertz CT molecular complexity index is 900. The molecule has 0 spiro atoms. The Morgan fingerprint density at radius 2 is 1.85 bits per heavy atom. The molecule has 2 aromatic carbocycles. The second-order valence-electron chi connectivity index (χ2n) is 5.37. The van der Waals surface area contributed by atoms with Crippen LogP contribution in [0.5, 0.6) is 5.75 Å². The number of benzene rings is 2. The molecule has 0 saturated heterocycles. The van der Waals surface area contributed by atoms with E-state index in [9.17, 15) is 25.0 Å². The van der Waals surface area contributed by atoms with Crippen molar-refractivity contribution in [3.8, 4) is 5.75 Å². The first-order valence-corrected chi connectivity index (χ1v) is 7.69. The molecular weight excluding hydrogens is 366 g/mol. The molecule has 0 aliphatic rings. The van der Waals surface area contributed by atoms with Crippen LogP contribution in [0.4, 0.5) is 17.1 Å². The van der Waals surface area contributed by atoms with Crippen LogP contribution < -0.4 is 10.1 Å². The molecule has 136 valence electrons. The lowest BCUT2D eigenvalue weighted by molar-refractivity contribution is -0.384. The van der Waals surface area contributed by atoms with Crippen LogP contribution in [0.2, 0.25) is 5.02 Å². The van der Waals surface area contributed by atoms with Gasteiger partial charge in [-0.1, -0.05) is 17.7 Å². The predicted octanol–water partition coefficient (Wildman–Crippen LogP) is 3.79. The van der Waals surface area contributed by atoms with Crippen molar-refractivity contribution in [3.05, 3.63) is 66.7 Å². The smallest absolute Gasteiger partial charge is 0.293 e. The Hall–Kier alpha value is -3.20. The molecule has 9 nitrogen and oxygen atoms in total. The topological polar surface area (TPSA) is 125 Å². The molecule has 10 heteroatoms. The minimum absolute atomic E-state index is 0.0234. The first kappa shape index (κ1) is 19.1. The maximum atomic E-state index is 12.1. The Balaban J connectivity index is 2.12. The van der Waals surface area contributed by atoms with Gasteiger partial charge >= 0.3 is 0 Å². The summed E-state index contributed by atoms with van der Waals surface area (Å²) in [6.07, 6.45) is 0. The SMILES string of the molecule is Cc1ccc([N+](=O)[O-])c(NC(=O)COc2ccc([N+](=O)[O-])cc2Cl)c1C. The molecule has 0 aromatic heterocycles. The van der Waals surface area contributed by atoms with Gasteiger partial charge < -0.3 is 10.1 Å². The molecule has 1 amide bonds. The summed E-state index contributed by atoms with van der Waals surface area (Å²) in [4.78, 5) is 32.7. The number of amides is 1. The fraction of sp³-hybridized carbons (Fsp3) is 0.188. The lowest BCUT2D eigenvalue weighted by Crippen LogP contribution is -2.21. The fourth-order valence-electron chi connectivity index (χ4n) is 2.15. The van der Waals surface area contributed by atoms with Crippen LogP contribution in [-0.4, -0.2) is 22.4 Å². The van der Waals surface area contributed by atoms with E-state index in [2.05, 4.69) is 5.32 Å². The van der Waals surface area contributed by atoms with Crippen LogP contribution in [0.25, 0.3) is 0 Å². The number of nitro benzene ring substituents is 2. The Kier molecular flexibility index (Phi) is 5.73. The maximum absolute atomic E-state index is 12.1. The number of halogens is 1. The summed E-state index contributed by atoms with van der Waals surface area (Å²) in [5.41, 5.74) is 1.01. The molecule has 1 N–H and O–H groups in total. The van der Waals surface area contributed by atoms with Gasteiger partial charge in [0.05, 0.1) is 14.9 Å². The number of nitrogens with one attached hydrogen (secondary N) is 1. The highest BCUT2D eigenvalue weighted by atomic mass is 35.5. The maximum Gasteiger partial charge on any atom is 0.293 e. The van der Waals surface area contributed by atoms with E-state index in [0.717, 1.165) is 11.6 Å². The van der Waals surface area contributed by atoms with Gasteiger partial charge in [-0.05, 0) is 31.0 Å². The van der Waals surface area contributed by atoms with Crippen LogP contribution in [0.1, 0.15) is 11.1 Å². The quantitative estimate of drug-likeness (QED) is 0.601. The van der Waals surface area contributed by atoms with Gasteiger partial charge in [0.25, 0.3) is 17.3 Å². The molecule has 0 atom stereocenters. The highest BCUT2D eigenvalue weighted by molar-refractivity contribution is 6.32. The lowest BCUT2D eigenvalue weighted by atomic mass is 10.1. The standard InChI is InChI=1S/C16H14ClN3O6/c1-9-3-5-13(20(24)25)16(10(9)2)18-15(21)8-26-14-6-4-11(19(22)23)7-12(14)17/h3-7H,8H2,1-2H3,(H,18,21). The Morgan fingerprint density at radius 1 is 1.15 bits per heavy atom. The van der Waals surface area contributed by atoms with E-state index in [4.69, 9.17) is 16.3 Å². The van der Waals surface area contributed by atoms with E-state index in [-0.39, 0.29) is 27.8 Å². The number of carbonyl (C=O) groups is 1. The van der Waals surface area contributed by atoms with Gasteiger partial charge in [-0.2, -0.15) is 0 Å². The Morgan fingerprint density at radius 3 is 2.42 bits per heavy atom. The van der Waals surface area contributed by atoms with Gasteiger partial charge in [-0.25, -0.2) is 0 Å². The fourth-order valence-corrected chi connectivity index (χ4v) is 2.38. The lowest BCUT2D eigenvalue weighted by Gasteiger charge is -2.12. The van der Waals surface area contributed by atoms with Crippen LogP contribution >= 0.6 is 11.6 Å². The third-order valence-corrected chi connectivity index (χ3v) is 3.96. The van der Waals surface area contributed by atoms with Crippen molar-refractivity contribution in [1.29, 1.82) is 0 Å². The van der Waals surface area contributed by atoms with E-state index in [1.807, 2.05) is 0 Å². The molecule has 2 rings (SSSR count). The summed E-state index contributed by atoms with van der Waals surface area (Å²) < 4.78 is 5.24. The predicted molar refractivity (Wildman–Crippen MR) is 94.8 cm³/mol. The molecule has 0 saturated carbocycles. The van der Waals surface area contributed by atoms with E-state index in [1.54, 1.807) is 19.9 Å². The summed E-state index contributed by atoms with van der Waals surface area (Å²) in [6, 6.07) is 6.47. The first-order chi connectivity index (χ1) is 12.2. The molecule has 0 radical (unpaired) electrons. The zero-order valence-electron chi connectivity index (χ0n) is 13.8. The first-order valence-electron chi connectivity index (χ1n) is 7.32. The minimum Gasteiger partial charge on any atom is -0.482 e. The number of non-ortho nitro benzene ring substituents is 1. The second-order valence-corrected chi connectivity index (χ2v) is 5.77. The number of carbonyl (C=O) groups excluding carboxylic acids is 1. The van der Waals surface area contributed by atoms with Gasteiger partial charge in [-0.15, -0.1) is 0 Å². The monoisotopic (exact) mass is 379 g/mol. The third kappa shape index (κ3) is 4.25. The molecule has 0 aliphatic carbocycles. The average Bonchev–Trinajstić information content (AvgIpc) is 2.57. The number of ether oxygens (including phenoxy) is 1. The summed E-state index contributed by atoms with van der Waals surface area (Å²) in [5, 5.41) is 24.2. The van der Waals surface area contributed by atoms with Crippen molar-refractivity contribution < 1.29 is 19.4 Å². The van der Waals surface area contributed by atoms with Gasteiger partial charge in [0, 0.05) is 18.2 Å². The highest BCUT2D eigenvalue weighted by Crippen LogP contribution is 2.31. The van der Waals surface area contributed by atoms with Crippen LogP contribution in [0, 0.1) is 34.1 Å². The van der Waals surface area contributed by atoms with E-state index < -0.39 is 22.4 Å². The normalized spacial score (nSPS) is 10.3. The van der Waals surface area contributed by atoms with Gasteiger partial charge in [0.2, 0.25) is 0 Å². The zero-order valence-corrected chi connectivity index (χ0v) is 14.6. The van der Waals surface area contributed by atoms with Crippen molar-refractivity contribution in [3.63, 3.8) is 0 Å². The summed E-state index contributed by atoms with van der Waals surface area (Å²) in [5.74, 6) is -0.542. The molecule has 2 aromatic rings. The summed E-state index contributed by atoms with van der Waals surface area (Å²) in [7, 11) is 0. The van der Waals surface area contributed by atoms with Crippen molar-refractivity contribution in [1.82, 2.24) is 0 Å². The zero-order chi connectivity index (χ0) is 19.4. The molecule has 0 bridgehead atoms. The van der Waals surface area contributed by atoms with Crippen LogP contribution in [0.3, 0.4) is 0 Å². The molecule has 0 aliphatic heterocycles. The van der Waals surface area contributed by atoms with Crippen LogP contribution in [0.15, 0.2) is 30.3 Å².